The van der Waals surface area contributed by atoms with Crippen LogP contribution in [0, 0.1) is 13.8 Å². The van der Waals surface area contributed by atoms with E-state index in [-0.39, 0.29) is 5.91 Å². The van der Waals surface area contributed by atoms with Crippen LogP contribution in [-0.2, 0) is 4.79 Å². The second kappa shape index (κ2) is 9.33. The van der Waals surface area contributed by atoms with Gasteiger partial charge in [0.2, 0.25) is 0 Å². The molecule has 0 bridgehead atoms. The van der Waals surface area contributed by atoms with Crippen LogP contribution in [0.25, 0.3) is 0 Å². The molecule has 0 fully saturated rings. The Kier molecular flexibility index (Phi) is 7.14. The van der Waals surface area contributed by atoms with E-state index in [9.17, 15) is 4.79 Å². The normalized spacial score (nSPS) is 11.7. The fraction of sp³-hybridized carbons (Fsp3) is 0.350. The zero-order valence-corrected chi connectivity index (χ0v) is 15.6. The van der Waals surface area contributed by atoms with E-state index in [1.54, 1.807) is 24.3 Å². The highest BCUT2D eigenvalue weighted by atomic mass is 35.5. The summed E-state index contributed by atoms with van der Waals surface area (Å²) < 4.78 is 11.4. The molecule has 25 heavy (non-hydrogen) atoms. The third-order valence-electron chi connectivity index (χ3n) is 3.60. The van der Waals surface area contributed by atoms with Crippen molar-refractivity contribution in [1.29, 1.82) is 0 Å². The zero-order valence-electron chi connectivity index (χ0n) is 14.8. The summed E-state index contributed by atoms with van der Waals surface area (Å²) in [6.07, 6.45) is 0.00990. The van der Waals surface area contributed by atoms with Crippen molar-refractivity contribution < 1.29 is 14.3 Å². The molecule has 1 amide bonds. The van der Waals surface area contributed by atoms with Gasteiger partial charge < -0.3 is 14.8 Å². The van der Waals surface area contributed by atoms with Crippen LogP contribution in [0.5, 0.6) is 11.5 Å². The maximum atomic E-state index is 12.3. The molecule has 0 saturated heterocycles. The topological polar surface area (TPSA) is 47.6 Å². The summed E-state index contributed by atoms with van der Waals surface area (Å²) in [4.78, 5) is 12.3. The minimum Gasteiger partial charge on any atom is -0.492 e. The van der Waals surface area contributed by atoms with Gasteiger partial charge in [0.1, 0.15) is 18.1 Å². The molecule has 0 saturated carbocycles. The van der Waals surface area contributed by atoms with Crippen LogP contribution in [-0.4, -0.2) is 25.2 Å². The maximum absolute atomic E-state index is 12.3. The molecular formula is C20H24ClNO3. The average molecular weight is 362 g/mol. The lowest BCUT2D eigenvalue weighted by Gasteiger charge is -2.17. The number of amides is 1. The highest BCUT2D eigenvalue weighted by Gasteiger charge is 2.18. The smallest absolute Gasteiger partial charge is 0.261 e. The summed E-state index contributed by atoms with van der Waals surface area (Å²) >= 11 is 5.94. The van der Waals surface area contributed by atoms with Gasteiger partial charge in [0.15, 0.2) is 6.10 Å². The number of nitrogens with one attached hydrogen (secondary N) is 1. The molecule has 1 N–H and O–H groups in total. The molecule has 0 radical (unpaired) electrons. The molecular weight excluding hydrogens is 338 g/mol. The lowest BCUT2D eigenvalue weighted by molar-refractivity contribution is -0.128. The first-order chi connectivity index (χ1) is 12.0. The van der Waals surface area contributed by atoms with Gasteiger partial charge in [-0.05, 0) is 61.7 Å². The Hall–Kier alpha value is -2.20. The van der Waals surface area contributed by atoms with Gasteiger partial charge >= 0.3 is 0 Å². The predicted molar refractivity (Wildman–Crippen MR) is 101 cm³/mol. The number of carbonyl (C=O) groups excluding carboxylic acids is 1. The first-order valence-corrected chi connectivity index (χ1v) is 8.76. The Bertz CT molecular complexity index is 698. The second-order valence-electron chi connectivity index (χ2n) is 5.94. The standard InChI is InChI=1S/C20H24ClNO3/c1-4-19(25-17-7-5-6-16(21)13-17)20(23)22-8-9-24-18-11-14(2)10-15(3)12-18/h5-7,10-13,19H,4,8-9H2,1-3H3,(H,22,23). The molecule has 1 atom stereocenters. The van der Waals surface area contributed by atoms with Crippen LogP contribution < -0.4 is 14.8 Å². The summed E-state index contributed by atoms with van der Waals surface area (Å²) in [6.45, 7) is 6.78. The first kappa shape index (κ1) is 19.1. The van der Waals surface area contributed by atoms with Gasteiger partial charge in [0.05, 0.1) is 6.54 Å². The molecule has 1 unspecified atom stereocenters. The lowest BCUT2D eigenvalue weighted by Crippen LogP contribution is -2.39. The quantitative estimate of drug-likeness (QED) is 0.713. The Morgan fingerprint density at radius 1 is 1.12 bits per heavy atom. The molecule has 0 spiro atoms. The zero-order chi connectivity index (χ0) is 18.2. The number of hydrogen-bond acceptors (Lipinski definition) is 3. The molecule has 4 nitrogen and oxygen atoms in total. The van der Waals surface area contributed by atoms with Crippen molar-refractivity contribution in [3.63, 3.8) is 0 Å². The number of ether oxygens (including phenoxy) is 2. The van der Waals surface area contributed by atoms with Crippen LogP contribution in [0.3, 0.4) is 0 Å². The van der Waals surface area contributed by atoms with Crippen molar-refractivity contribution >= 4 is 17.5 Å². The summed E-state index contributed by atoms with van der Waals surface area (Å²) in [5, 5.41) is 3.42. The molecule has 0 aromatic heterocycles. The van der Waals surface area contributed by atoms with E-state index >= 15 is 0 Å². The highest BCUT2D eigenvalue weighted by Crippen LogP contribution is 2.19. The van der Waals surface area contributed by atoms with Gasteiger partial charge in [0, 0.05) is 5.02 Å². The average Bonchev–Trinajstić information content (AvgIpc) is 2.55. The van der Waals surface area contributed by atoms with Crippen LogP contribution in [0.1, 0.15) is 24.5 Å². The van der Waals surface area contributed by atoms with E-state index in [1.807, 2.05) is 32.9 Å². The van der Waals surface area contributed by atoms with Crippen molar-refractivity contribution in [3.05, 3.63) is 58.6 Å². The fourth-order valence-electron chi connectivity index (χ4n) is 2.50. The largest absolute Gasteiger partial charge is 0.492 e. The SMILES string of the molecule is CCC(Oc1cccc(Cl)c1)C(=O)NCCOc1cc(C)cc(C)c1. The van der Waals surface area contributed by atoms with Crippen molar-refractivity contribution in [3.8, 4) is 11.5 Å². The van der Waals surface area contributed by atoms with Crippen molar-refractivity contribution in [1.82, 2.24) is 5.32 Å². The van der Waals surface area contributed by atoms with Crippen LogP contribution in [0.2, 0.25) is 5.02 Å². The molecule has 2 aromatic rings. The van der Waals surface area contributed by atoms with Crippen LogP contribution >= 0.6 is 11.6 Å². The van der Waals surface area contributed by atoms with Gasteiger partial charge in [-0.15, -0.1) is 0 Å². The van der Waals surface area contributed by atoms with Crippen molar-refractivity contribution in [2.45, 2.75) is 33.3 Å². The number of carbonyl (C=O) groups is 1. The summed E-state index contributed by atoms with van der Waals surface area (Å²) in [6, 6.07) is 13.1. The van der Waals surface area contributed by atoms with Gasteiger partial charge in [-0.1, -0.05) is 30.7 Å². The summed E-state index contributed by atoms with van der Waals surface area (Å²) in [5.74, 6) is 1.24. The summed E-state index contributed by atoms with van der Waals surface area (Å²) in [7, 11) is 0. The monoisotopic (exact) mass is 361 g/mol. The summed E-state index contributed by atoms with van der Waals surface area (Å²) in [5.41, 5.74) is 2.31. The Balaban J connectivity index is 1.79. The van der Waals surface area contributed by atoms with Crippen molar-refractivity contribution in [2.24, 2.45) is 0 Å². The third kappa shape index (κ3) is 6.31. The van der Waals surface area contributed by atoms with E-state index < -0.39 is 6.10 Å². The minimum atomic E-state index is -0.556. The second-order valence-corrected chi connectivity index (χ2v) is 6.37. The number of rotatable bonds is 8. The van der Waals surface area contributed by atoms with Crippen molar-refractivity contribution in [2.75, 3.05) is 13.2 Å². The minimum absolute atomic E-state index is 0.161. The molecule has 0 heterocycles. The number of hydrogen-bond donors (Lipinski definition) is 1. The molecule has 0 aliphatic heterocycles. The van der Waals surface area contributed by atoms with E-state index in [0.29, 0.717) is 30.3 Å². The first-order valence-electron chi connectivity index (χ1n) is 8.39. The van der Waals surface area contributed by atoms with Gasteiger partial charge in [-0.2, -0.15) is 0 Å². The van der Waals surface area contributed by atoms with Crippen LogP contribution in [0.4, 0.5) is 0 Å². The lowest BCUT2D eigenvalue weighted by atomic mass is 10.1. The maximum Gasteiger partial charge on any atom is 0.261 e. The Morgan fingerprint density at radius 2 is 1.84 bits per heavy atom. The van der Waals surface area contributed by atoms with Gasteiger partial charge in [-0.25, -0.2) is 0 Å². The van der Waals surface area contributed by atoms with E-state index in [2.05, 4.69) is 11.4 Å². The van der Waals surface area contributed by atoms with E-state index in [1.165, 1.54) is 0 Å². The Morgan fingerprint density at radius 3 is 2.48 bits per heavy atom. The third-order valence-corrected chi connectivity index (χ3v) is 3.84. The fourth-order valence-corrected chi connectivity index (χ4v) is 2.68. The van der Waals surface area contributed by atoms with Gasteiger partial charge in [-0.3, -0.25) is 4.79 Å². The molecule has 2 aromatic carbocycles. The van der Waals surface area contributed by atoms with Crippen LogP contribution in [0.15, 0.2) is 42.5 Å². The molecule has 134 valence electrons. The van der Waals surface area contributed by atoms with Gasteiger partial charge in [0.25, 0.3) is 5.91 Å². The number of halogens is 1. The molecule has 0 aliphatic carbocycles. The Labute approximate surface area is 154 Å². The predicted octanol–water partition coefficient (Wildman–Crippen LogP) is 4.31. The highest BCUT2D eigenvalue weighted by molar-refractivity contribution is 6.30. The molecule has 5 heteroatoms. The number of aryl methyl sites for hydroxylation is 2. The van der Waals surface area contributed by atoms with E-state index in [4.69, 9.17) is 21.1 Å². The molecule has 0 aliphatic rings. The van der Waals surface area contributed by atoms with E-state index in [0.717, 1.165) is 16.9 Å². The number of benzene rings is 2. The molecule has 2 rings (SSSR count).